The van der Waals surface area contributed by atoms with Crippen LogP contribution in [0.2, 0.25) is 0 Å². The first-order chi connectivity index (χ1) is 8.41. The molecule has 0 N–H and O–H groups in total. The first kappa shape index (κ1) is 12.9. The number of aldehydes is 1. The van der Waals surface area contributed by atoms with Crippen LogP contribution in [-0.2, 0) is 13.8 Å². The molecule has 0 bridgehead atoms. The molecule has 2 heterocycles. The lowest BCUT2D eigenvalue weighted by molar-refractivity contribution is -0.117. The monoisotopic (exact) mass is 289 g/mol. The number of anilines is 1. The van der Waals surface area contributed by atoms with Gasteiger partial charge in [0, 0.05) is 36.0 Å². The van der Waals surface area contributed by atoms with Crippen LogP contribution < -0.4 is 4.90 Å². The van der Waals surface area contributed by atoms with E-state index in [1.807, 2.05) is 0 Å². The normalized spacial score (nSPS) is 20.2. The number of carbonyl (C=O) groups is 2. The van der Waals surface area contributed by atoms with Gasteiger partial charge < -0.3 is 0 Å². The van der Waals surface area contributed by atoms with E-state index < -0.39 is 20.2 Å². The van der Waals surface area contributed by atoms with E-state index in [4.69, 9.17) is 10.7 Å². The Balaban J connectivity index is 2.24. The fourth-order valence-corrected chi connectivity index (χ4v) is 2.61. The maximum atomic E-state index is 11.6. The minimum absolute atomic E-state index is 0.0633. The van der Waals surface area contributed by atoms with Crippen molar-refractivity contribution in [3.8, 4) is 0 Å². The van der Waals surface area contributed by atoms with Crippen LogP contribution in [0.4, 0.5) is 5.95 Å². The number of carbonyl (C=O) groups excluding carboxylic acids is 2. The average molecular weight is 290 g/mol. The molecule has 1 unspecified atom stereocenters. The Morgan fingerprint density at radius 1 is 1.39 bits per heavy atom. The molecule has 1 aliphatic heterocycles. The van der Waals surface area contributed by atoms with Gasteiger partial charge in [0.1, 0.15) is 5.25 Å². The van der Waals surface area contributed by atoms with Gasteiger partial charge in [0.25, 0.3) is 0 Å². The third-order valence-electron chi connectivity index (χ3n) is 2.52. The van der Waals surface area contributed by atoms with Crippen LogP contribution in [0, 0.1) is 0 Å². The summed E-state index contributed by atoms with van der Waals surface area (Å²) in [5.41, 5.74) is 0.270. The van der Waals surface area contributed by atoms with Crippen molar-refractivity contribution in [2.75, 3.05) is 11.4 Å². The fraction of sp³-hybridized carbons (Fsp3) is 0.333. The highest BCUT2D eigenvalue weighted by atomic mass is 35.7. The number of aromatic nitrogens is 2. The molecule has 1 saturated heterocycles. The largest absolute Gasteiger partial charge is 0.298 e. The van der Waals surface area contributed by atoms with Gasteiger partial charge in [-0.1, -0.05) is 0 Å². The number of hydrogen-bond donors (Lipinski definition) is 0. The molecule has 1 fully saturated rings. The minimum Gasteiger partial charge on any atom is -0.298 e. The van der Waals surface area contributed by atoms with E-state index in [2.05, 4.69) is 9.97 Å². The standard InChI is InChI=1S/C9H8ClN3O4S/c10-18(16,17)7-1-8(15)13(4-7)9-11-2-6(5-14)3-12-9/h2-3,5,7H,1,4H2. The molecule has 0 saturated carbocycles. The van der Waals surface area contributed by atoms with Crippen molar-refractivity contribution in [3.63, 3.8) is 0 Å². The molecule has 0 radical (unpaired) electrons. The molecule has 96 valence electrons. The van der Waals surface area contributed by atoms with Crippen LogP contribution in [0.1, 0.15) is 16.8 Å². The molecule has 1 amide bonds. The van der Waals surface area contributed by atoms with Gasteiger partial charge in [0.05, 0.1) is 5.56 Å². The topological polar surface area (TPSA) is 97.3 Å². The molecule has 0 aromatic carbocycles. The summed E-state index contributed by atoms with van der Waals surface area (Å²) < 4.78 is 22.3. The van der Waals surface area contributed by atoms with Gasteiger partial charge in [-0.2, -0.15) is 0 Å². The second kappa shape index (κ2) is 4.62. The summed E-state index contributed by atoms with van der Waals surface area (Å²) in [4.78, 5) is 30.9. The molecule has 1 aromatic rings. The lowest BCUT2D eigenvalue weighted by atomic mass is 10.4. The average Bonchev–Trinajstić information content (AvgIpc) is 2.71. The van der Waals surface area contributed by atoms with Crippen molar-refractivity contribution >= 4 is 37.9 Å². The van der Waals surface area contributed by atoms with E-state index >= 15 is 0 Å². The van der Waals surface area contributed by atoms with E-state index in [1.165, 1.54) is 12.4 Å². The lowest BCUT2D eigenvalue weighted by Gasteiger charge is -2.13. The van der Waals surface area contributed by atoms with Crippen LogP contribution in [0.5, 0.6) is 0 Å². The predicted molar refractivity (Wildman–Crippen MR) is 63.0 cm³/mol. The van der Waals surface area contributed by atoms with Crippen molar-refractivity contribution in [2.24, 2.45) is 0 Å². The number of nitrogens with zero attached hydrogens (tertiary/aromatic N) is 3. The summed E-state index contributed by atoms with van der Waals surface area (Å²) in [6.07, 6.45) is 2.89. The van der Waals surface area contributed by atoms with Gasteiger partial charge in [-0.25, -0.2) is 18.4 Å². The second-order valence-electron chi connectivity index (χ2n) is 3.74. The molecule has 0 aliphatic carbocycles. The molecular weight excluding hydrogens is 282 g/mol. The van der Waals surface area contributed by atoms with E-state index in [0.29, 0.717) is 6.29 Å². The van der Waals surface area contributed by atoms with Crippen molar-refractivity contribution in [1.82, 2.24) is 9.97 Å². The van der Waals surface area contributed by atoms with Crippen LogP contribution in [0.25, 0.3) is 0 Å². The Kier molecular flexibility index (Phi) is 3.31. The summed E-state index contributed by atoms with van der Waals surface area (Å²) in [6, 6.07) is 0. The minimum atomic E-state index is -3.79. The highest BCUT2D eigenvalue weighted by Gasteiger charge is 2.39. The first-order valence-electron chi connectivity index (χ1n) is 4.93. The first-order valence-corrected chi connectivity index (χ1v) is 7.30. The van der Waals surface area contributed by atoms with E-state index in [9.17, 15) is 18.0 Å². The Hall–Kier alpha value is -1.54. The van der Waals surface area contributed by atoms with Gasteiger partial charge in [-0.05, 0) is 0 Å². The maximum Gasteiger partial charge on any atom is 0.237 e. The van der Waals surface area contributed by atoms with Crippen LogP contribution >= 0.6 is 10.7 Å². The molecule has 1 aromatic heterocycles. The van der Waals surface area contributed by atoms with Gasteiger partial charge in [-0.15, -0.1) is 0 Å². The van der Waals surface area contributed by atoms with Crippen molar-refractivity contribution in [3.05, 3.63) is 18.0 Å². The van der Waals surface area contributed by atoms with Crippen LogP contribution in [0.15, 0.2) is 12.4 Å². The summed E-state index contributed by atoms with van der Waals surface area (Å²) in [5, 5.41) is -0.957. The molecule has 9 heteroatoms. The maximum absolute atomic E-state index is 11.6. The Morgan fingerprint density at radius 2 is 2.00 bits per heavy atom. The molecule has 7 nitrogen and oxygen atoms in total. The zero-order chi connectivity index (χ0) is 13.3. The number of halogens is 1. The number of rotatable bonds is 3. The molecule has 1 atom stereocenters. The molecule has 18 heavy (non-hydrogen) atoms. The molecule has 0 spiro atoms. The van der Waals surface area contributed by atoms with E-state index in [1.54, 1.807) is 0 Å². The van der Waals surface area contributed by atoms with Crippen LogP contribution in [0.3, 0.4) is 0 Å². The summed E-state index contributed by atoms with van der Waals surface area (Å²) >= 11 is 0. The fourth-order valence-electron chi connectivity index (χ4n) is 1.59. The molecule has 2 rings (SSSR count). The van der Waals surface area contributed by atoms with Crippen molar-refractivity contribution in [1.29, 1.82) is 0 Å². The number of amides is 1. The Bertz CT molecular complexity index is 586. The third kappa shape index (κ3) is 2.49. The van der Waals surface area contributed by atoms with Crippen molar-refractivity contribution < 1.29 is 18.0 Å². The summed E-state index contributed by atoms with van der Waals surface area (Å²) in [6.45, 7) is -0.0783. The summed E-state index contributed by atoms with van der Waals surface area (Å²) in [5.74, 6) is -0.350. The van der Waals surface area contributed by atoms with Gasteiger partial charge in [0.2, 0.25) is 20.9 Å². The summed E-state index contributed by atoms with van der Waals surface area (Å²) in [7, 11) is 1.42. The van der Waals surface area contributed by atoms with Crippen molar-refractivity contribution in [2.45, 2.75) is 11.7 Å². The van der Waals surface area contributed by atoms with Crippen LogP contribution in [-0.4, -0.2) is 42.4 Å². The molecular formula is C9H8ClN3O4S. The van der Waals surface area contributed by atoms with Gasteiger partial charge in [-0.3, -0.25) is 14.5 Å². The lowest BCUT2D eigenvalue weighted by Crippen LogP contribution is -2.28. The highest BCUT2D eigenvalue weighted by molar-refractivity contribution is 8.14. The Morgan fingerprint density at radius 3 is 2.44 bits per heavy atom. The quantitative estimate of drug-likeness (QED) is 0.572. The second-order valence-corrected chi connectivity index (χ2v) is 6.65. The highest BCUT2D eigenvalue weighted by Crippen LogP contribution is 2.24. The van der Waals surface area contributed by atoms with Gasteiger partial charge in [0.15, 0.2) is 6.29 Å². The Labute approximate surface area is 107 Å². The predicted octanol–water partition coefficient (Wildman–Crippen LogP) is -0.0370. The SMILES string of the molecule is O=Cc1cnc(N2CC(S(=O)(=O)Cl)CC2=O)nc1. The van der Waals surface area contributed by atoms with E-state index in [0.717, 1.165) is 4.90 Å². The third-order valence-corrected chi connectivity index (χ3v) is 4.39. The van der Waals surface area contributed by atoms with Gasteiger partial charge >= 0.3 is 0 Å². The molecule has 1 aliphatic rings. The van der Waals surface area contributed by atoms with E-state index in [-0.39, 0.29) is 24.5 Å². The zero-order valence-electron chi connectivity index (χ0n) is 8.98. The number of hydrogen-bond acceptors (Lipinski definition) is 6. The zero-order valence-corrected chi connectivity index (χ0v) is 10.6. The smallest absolute Gasteiger partial charge is 0.237 e.